The van der Waals surface area contributed by atoms with Gasteiger partial charge in [-0.2, -0.15) is 0 Å². The highest BCUT2D eigenvalue weighted by molar-refractivity contribution is 6.37. The van der Waals surface area contributed by atoms with Crippen molar-refractivity contribution in [1.82, 2.24) is 4.90 Å². The van der Waals surface area contributed by atoms with Crippen LogP contribution in [0.4, 0.5) is 5.69 Å². The van der Waals surface area contributed by atoms with E-state index >= 15 is 0 Å². The molecule has 0 aromatic heterocycles. The van der Waals surface area contributed by atoms with E-state index in [4.69, 9.17) is 4.74 Å². The number of methoxy groups -OCH3 is 1. The van der Waals surface area contributed by atoms with Crippen molar-refractivity contribution in [3.63, 3.8) is 0 Å². The summed E-state index contributed by atoms with van der Waals surface area (Å²) in [4.78, 5) is 27.6. The van der Waals surface area contributed by atoms with Gasteiger partial charge >= 0.3 is 0 Å². The molecule has 0 saturated carbocycles. The molecule has 2 aromatic carbocycles. The molecule has 3 rings (SSSR count). The van der Waals surface area contributed by atoms with Crippen molar-refractivity contribution in [1.29, 1.82) is 0 Å². The largest absolute Gasteiger partial charge is 0.496 e. The first-order valence-corrected chi connectivity index (χ1v) is 9.78. The average Bonchev–Trinajstić information content (AvgIpc) is 2.91. The maximum Gasteiger partial charge on any atom is 0.278 e. The van der Waals surface area contributed by atoms with E-state index in [-0.39, 0.29) is 29.0 Å². The van der Waals surface area contributed by atoms with E-state index in [1.807, 2.05) is 50.2 Å². The summed E-state index contributed by atoms with van der Waals surface area (Å²) in [6.07, 6.45) is 0. The third kappa shape index (κ3) is 3.90. The number of hydrogen-bond donors (Lipinski definition) is 1. The van der Waals surface area contributed by atoms with E-state index in [9.17, 15) is 9.59 Å². The zero-order chi connectivity index (χ0) is 21.3. The van der Waals surface area contributed by atoms with Crippen LogP contribution in [-0.2, 0) is 15.0 Å². The summed E-state index contributed by atoms with van der Waals surface area (Å²) in [5.74, 6) is -0.0919. The van der Waals surface area contributed by atoms with Gasteiger partial charge in [-0.15, -0.1) is 0 Å². The first kappa shape index (κ1) is 20.6. The minimum absolute atomic E-state index is 0.0357. The Hall–Kier alpha value is -3.08. The second kappa shape index (κ2) is 7.74. The number of ether oxygens (including phenoxy) is 1. The van der Waals surface area contributed by atoms with Gasteiger partial charge in [0.25, 0.3) is 11.8 Å². The highest BCUT2D eigenvalue weighted by Gasteiger charge is 2.41. The number of carbonyl (C=O) groups is 2. The zero-order valence-corrected chi connectivity index (χ0v) is 17.9. The number of imide groups is 1. The lowest BCUT2D eigenvalue weighted by molar-refractivity contribution is -0.138. The molecule has 5 nitrogen and oxygen atoms in total. The molecule has 0 fully saturated rings. The highest BCUT2D eigenvalue weighted by Crippen LogP contribution is 2.36. The fourth-order valence-corrected chi connectivity index (χ4v) is 3.43. The first-order chi connectivity index (χ1) is 13.6. The molecule has 2 aromatic rings. The standard InChI is InChI=1S/C24H28N2O3/c1-15(2)26-22(27)20(18-9-7-8-10-19(18)29-6)21(23(26)28)25-17-13-11-16(12-14-17)24(3,4)5/h7-15,25H,1-6H3. The molecule has 0 saturated heterocycles. The van der Waals surface area contributed by atoms with Gasteiger partial charge in [0.1, 0.15) is 11.4 Å². The summed E-state index contributed by atoms with van der Waals surface area (Å²) < 4.78 is 5.44. The van der Waals surface area contributed by atoms with Crippen LogP contribution in [0.25, 0.3) is 5.57 Å². The summed E-state index contributed by atoms with van der Waals surface area (Å²) >= 11 is 0. The lowest BCUT2D eigenvalue weighted by Crippen LogP contribution is -2.38. The summed E-state index contributed by atoms with van der Waals surface area (Å²) in [6.45, 7) is 10.1. The van der Waals surface area contributed by atoms with Crippen LogP contribution < -0.4 is 10.1 Å². The van der Waals surface area contributed by atoms with Crippen LogP contribution in [0.15, 0.2) is 54.2 Å². The Bertz CT molecular complexity index is 966. The molecular weight excluding hydrogens is 364 g/mol. The van der Waals surface area contributed by atoms with Gasteiger partial charge in [-0.3, -0.25) is 14.5 Å². The van der Waals surface area contributed by atoms with Crippen molar-refractivity contribution >= 4 is 23.1 Å². The lowest BCUT2D eigenvalue weighted by Gasteiger charge is -2.20. The lowest BCUT2D eigenvalue weighted by atomic mass is 9.87. The maximum absolute atomic E-state index is 13.2. The summed E-state index contributed by atoms with van der Waals surface area (Å²) in [6, 6.07) is 14.9. The first-order valence-electron chi connectivity index (χ1n) is 9.78. The second-order valence-electron chi connectivity index (χ2n) is 8.48. The molecular formula is C24H28N2O3. The topological polar surface area (TPSA) is 58.6 Å². The summed E-state index contributed by atoms with van der Waals surface area (Å²) in [5.41, 5.74) is 3.20. The molecule has 1 heterocycles. The molecule has 0 bridgehead atoms. The Morgan fingerprint density at radius 1 is 0.931 bits per heavy atom. The number of anilines is 1. The molecule has 5 heteroatoms. The minimum atomic E-state index is -0.328. The van der Waals surface area contributed by atoms with E-state index < -0.39 is 0 Å². The van der Waals surface area contributed by atoms with Gasteiger partial charge in [0.15, 0.2) is 0 Å². The Morgan fingerprint density at radius 3 is 2.10 bits per heavy atom. The molecule has 152 valence electrons. The van der Waals surface area contributed by atoms with Crippen molar-refractivity contribution in [2.24, 2.45) is 0 Å². The monoisotopic (exact) mass is 392 g/mol. The number of benzene rings is 2. The highest BCUT2D eigenvalue weighted by atomic mass is 16.5. The molecule has 0 atom stereocenters. The Balaban J connectivity index is 2.08. The summed E-state index contributed by atoms with van der Waals surface area (Å²) in [5, 5.41) is 3.20. The van der Waals surface area contributed by atoms with Crippen LogP contribution >= 0.6 is 0 Å². The Kier molecular flexibility index (Phi) is 5.51. The van der Waals surface area contributed by atoms with Gasteiger partial charge in [-0.25, -0.2) is 0 Å². The SMILES string of the molecule is COc1ccccc1C1=C(Nc2ccc(C(C)(C)C)cc2)C(=O)N(C(C)C)C1=O. The van der Waals surface area contributed by atoms with Gasteiger partial charge in [0, 0.05) is 17.3 Å². The molecule has 29 heavy (non-hydrogen) atoms. The van der Waals surface area contributed by atoms with Crippen molar-refractivity contribution < 1.29 is 14.3 Å². The van der Waals surface area contributed by atoms with E-state index in [1.54, 1.807) is 19.2 Å². The molecule has 2 amide bonds. The second-order valence-corrected chi connectivity index (χ2v) is 8.48. The molecule has 0 aliphatic carbocycles. The van der Waals surface area contributed by atoms with Gasteiger partial charge in [-0.1, -0.05) is 51.1 Å². The van der Waals surface area contributed by atoms with E-state index in [1.165, 1.54) is 10.5 Å². The van der Waals surface area contributed by atoms with E-state index in [0.717, 1.165) is 5.69 Å². The van der Waals surface area contributed by atoms with Crippen LogP contribution in [0.5, 0.6) is 5.75 Å². The Morgan fingerprint density at radius 2 is 1.55 bits per heavy atom. The third-order valence-electron chi connectivity index (χ3n) is 5.03. The molecule has 0 unspecified atom stereocenters. The maximum atomic E-state index is 13.2. The normalized spacial score (nSPS) is 14.8. The smallest absolute Gasteiger partial charge is 0.278 e. The van der Waals surface area contributed by atoms with Gasteiger partial charge in [0.05, 0.1) is 12.7 Å². The minimum Gasteiger partial charge on any atom is -0.496 e. The predicted molar refractivity (Wildman–Crippen MR) is 116 cm³/mol. The van der Waals surface area contributed by atoms with Gasteiger partial charge in [0.2, 0.25) is 0 Å². The quantitative estimate of drug-likeness (QED) is 0.756. The Labute approximate surface area is 172 Å². The molecule has 0 radical (unpaired) electrons. The fourth-order valence-electron chi connectivity index (χ4n) is 3.43. The van der Waals surface area contributed by atoms with Crippen molar-refractivity contribution in [2.75, 3.05) is 12.4 Å². The number of carbonyl (C=O) groups excluding carboxylic acids is 2. The molecule has 1 aliphatic rings. The number of para-hydroxylation sites is 1. The van der Waals surface area contributed by atoms with Crippen molar-refractivity contribution in [2.45, 2.75) is 46.1 Å². The molecule has 0 spiro atoms. The molecule has 1 N–H and O–H groups in total. The van der Waals surface area contributed by atoms with Crippen LogP contribution in [0.2, 0.25) is 0 Å². The predicted octanol–water partition coefficient (Wildman–Crippen LogP) is 4.59. The number of rotatable bonds is 5. The van der Waals surface area contributed by atoms with Gasteiger partial charge in [-0.05, 0) is 43.0 Å². The third-order valence-corrected chi connectivity index (χ3v) is 5.03. The van der Waals surface area contributed by atoms with Crippen LogP contribution in [-0.4, -0.2) is 29.9 Å². The van der Waals surface area contributed by atoms with Crippen molar-refractivity contribution in [3.8, 4) is 5.75 Å². The summed E-state index contributed by atoms with van der Waals surface area (Å²) in [7, 11) is 1.55. The van der Waals surface area contributed by atoms with E-state index in [0.29, 0.717) is 16.9 Å². The number of amides is 2. The number of nitrogens with one attached hydrogen (secondary N) is 1. The van der Waals surface area contributed by atoms with Crippen LogP contribution in [0, 0.1) is 0 Å². The fraction of sp³-hybridized carbons (Fsp3) is 0.333. The number of hydrogen-bond acceptors (Lipinski definition) is 4. The average molecular weight is 392 g/mol. The zero-order valence-electron chi connectivity index (χ0n) is 17.9. The molecule has 1 aliphatic heterocycles. The van der Waals surface area contributed by atoms with E-state index in [2.05, 4.69) is 26.1 Å². The van der Waals surface area contributed by atoms with Gasteiger partial charge < -0.3 is 10.1 Å². The van der Waals surface area contributed by atoms with Crippen LogP contribution in [0.3, 0.4) is 0 Å². The van der Waals surface area contributed by atoms with Crippen molar-refractivity contribution in [3.05, 3.63) is 65.4 Å². The number of nitrogens with zero attached hydrogens (tertiary/aromatic N) is 1. The van der Waals surface area contributed by atoms with Crippen LogP contribution in [0.1, 0.15) is 45.7 Å².